The molecule has 0 heterocycles. The Labute approximate surface area is 109 Å². The van der Waals surface area contributed by atoms with Gasteiger partial charge in [-0.25, -0.2) is 4.39 Å². The van der Waals surface area contributed by atoms with Gasteiger partial charge < -0.3 is 5.32 Å². The van der Waals surface area contributed by atoms with Crippen molar-refractivity contribution in [3.8, 4) is 0 Å². The van der Waals surface area contributed by atoms with E-state index in [4.69, 9.17) is 0 Å². The van der Waals surface area contributed by atoms with E-state index in [1.807, 2.05) is 12.1 Å². The number of aryl methyl sites for hydroxylation is 1. The van der Waals surface area contributed by atoms with Crippen LogP contribution in [0.5, 0.6) is 0 Å². The van der Waals surface area contributed by atoms with Gasteiger partial charge in [-0.3, -0.25) is 0 Å². The van der Waals surface area contributed by atoms with Crippen LogP contribution in [0.2, 0.25) is 0 Å². The summed E-state index contributed by atoms with van der Waals surface area (Å²) in [6.45, 7) is 2.76. The smallest absolute Gasteiger partial charge is 0.125 e. The van der Waals surface area contributed by atoms with Crippen molar-refractivity contribution in [3.63, 3.8) is 0 Å². The van der Waals surface area contributed by atoms with Crippen LogP contribution < -0.4 is 5.32 Å². The van der Waals surface area contributed by atoms with Crippen molar-refractivity contribution in [3.05, 3.63) is 63.9 Å². The second-order valence-electron chi connectivity index (χ2n) is 3.90. The first-order valence-electron chi connectivity index (χ1n) is 5.40. The van der Waals surface area contributed by atoms with E-state index in [2.05, 4.69) is 40.3 Å². The SMILES string of the molecule is Cc1ccccc1CNc1cc(F)ccc1Br. The minimum absolute atomic E-state index is 0.236. The van der Waals surface area contributed by atoms with Crippen molar-refractivity contribution < 1.29 is 4.39 Å². The predicted molar refractivity (Wildman–Crippen MR) is 72.6 cm³/mol. The average molecular weight is 294 g/mol. The molecule has 0 aromatic heterocycles. The van der Waals surface area contributed by atoms with E-state index in [0.717, 1.165) is 10.2 Å². The van der Waals surface area contributed by atoms with Crippen LogP contribution in [-0.2, 0) is 6.54 Å². The van der Waals surface area contributed by atoms with Crippen molar-refractivity contribution in [2.24, 2.45) is 0 Å². The summed E-state index contributed by atoms with van der Waals surface area (Å²) in [5.41, 5.74) is 3.21. The van der Waals surface area contributed by atoms with Gasteiger partial charge in [0.25, 0.3) is 0 Å². The molecule has 1 nitrogen and oxygen atoms in total. The van der Waals surface area contributed by atoms with Crippen molar-refractivity contribution in [2.45, 2.75) is 13.5 Å². The lowest BCUT2D eigenvalue weighted by molar-refractivity contribution is 0.628. The van der Waals surface area contributed by atoms with Gasteiger partial charge in [0.1, 0.15) is 5.82 Å². The minimum Gasteiger partial charge on any atom is -0.380 e. The molecule has 88 valence electrons. The molecule has 17 heavy (non-hydrogen) atoms. The van der Waals surface area contributed by atoms with Gasteiger partial charge >= 0.3 is 0 Å². The van der Waals surface area contributed by atoms with Crippen LogP contribution in [-0.4, -0.2) is 0 Å². The summed E-state index contributed by atoms with van der Waals surface area (Å²) in [6.07, 6.45) is 0. The van der Waals surface area contributed by atoms with Gasteiger partial charge in [0.2, 0.25) is 0 Å². The lowest BCUT2D eigenvalue weighted by atomic mass is 10.1. The van der Waals surface area contributed by atoms with Crippen molar-refractivity contribution in [1.29, 1.82) is 0 Å². The van der Waals surface area contributed by atoms with Crippen molar-refractivity contribution >= 4 is 21.6 Å². The van der Waals surface area contributed by atoms with Crippen LogP contribution in [0.4, 0.5) is 10.1 Å². The highest BCUT2D eigenvalue weighted by molar-refractivity contribution is 9.10. The van der Waals surface area contributed by atoms with Gasteiger partial charge in [0, 0.05) is 11.0 Å². The molecule has 3 heteroatoms. The number of benzene rings is 2. The zero-order chi connectivity index (χ0) is 12.3. The predicted octanol–water partition coefficient (Wildman–Crippen LogP) is 4.51. The molecule has 2 aromatic carbocycles. The fourth-order valence-electron chi connectivity index (χ4n) is 1.63. The summed E-state index contributed by atoms with van der Waals surface area (Å²) < 4.78 is 14.0. The Balaban J connectivity index is 2.12. The number of hydrogen-bond acceptors (Lipinski definition) is 1. The maximum absolute atomic E-state index is 13.1. The molecule has 0 aliphatic rings. The zero-order valence-corrected chi connectivity index (χ0v) is 11.1. The van der Waals surface area contributed by atoms with Gasteiger partial charge in [0.15, 0.2) is 0 Å². The molecule has 0 spiro atoms. The first-order chi connectivity index (χ1) is 8.16. The first-order valence-corrected chi connectivity index (χ1v) is 6.19. The second kappa shape index (κ2) is 5.32. The molecule has 0 unspecified atom stereocenters. The van der Waals surface area contributed by atoms with E-state index in [9.17, 15) is 4.39 Å². The highest BCUT2D eigenvalue weighted by Crippen LogP contribution is 2.23. The Bertz CT molecular complexity index is 525. The minimum atomic E-state index is -0.236. The summed E-state index contributed by atoms with van der Waals surface area (Å²) in [4.78, 5) is 0. The quantitative estimate of drug-likeness (QED) is 0.878. The Morgan fingerprint density at radius 3 is 2.71 bits per heavy atom. The third kappa shape index (κ3) is 3.07. The lowest BCUT2D eigenvalue weighted by Gasteiger charge is -2.10. The molecule has 0 amide bonds. The molecule has 2 rings (SSSR count). The maximum atomic E-state index is 13.1. The average Bonchev–Trinajstić information content (AvgIpc) is 2.32. The third-order valence-electron chi connectivity index (χ3n) is 2.66. The van der Waals surface area contributed by atoms with Gasteiger partial charge in [-0.15, -0.1) is 0 Å². The van der Waals surface area contributed by atoms with Crippen LogP contribution >= 0.6 is 15.9 Å². The first kappa shape index (κ1) is 12.1. The Kier molecular flexibility index (Phi) is 3.79. The summed E-state index contributed by atoms with van der Waals surface area (Å²) in [5.74, 6) is -0.236. The van der Waals surface area contributed by atoms with E-state index in [-0.39, 0.29) is 5.82 Å². The van der Waals surface area contributed by atoms with Crippen LogP contribution in [0.15, 0.2) is 46.9 Å². The van der Waals surface area contributed by atoms with Crippen molar-refractivity contribution in [1.82, 2.24) is 0 Å². The highest BCUT2D eigenvalue weighted by Gasteiger charge is 2.02. The van der Waals surface area contributed by atoms with Gasteiger partial charge in [-0.1, -0.05) is 24.3 Å². The molecule has 0 bridgehead atoms. The van der Waals surface area contributed by atoms with Crippen LogP contribution in [0.3, 0.4) is 0 Å². The number of hydrogen-bond donors (Lipinski definition) is 1. The maximum Gasteiger partial charge on any atom is 0.125 e. The van der Waals surface area contributed by atoms with Crippen molar-refractivity contribution in [2.75, 3.05) is 5.32 Å². The number of nitrogens with one attached hydrogen (secondary N) is 1. The summed E-state index contributed by atoms with van der Waals surface area (Å²) in [7, 11) is 0. The molecule has 1 N–H and O–H groups in total. The summed E-state index contributed by atoms with van der Waals surface area (Å²) in [6, 6.07) is 12.8. The van der Waals surface area contributed by atoms with E-state index in [1.54, 1.807) is 6.07 Å². The number of anilines is 1. The number of halogens is 2. The fraction of sp³-hybridized carbons (Fsp3) is 0.143. The standard InChI is InChI=1S/C14H13BrFN/c1-10-4-2-3-5-11(10)9-17-14-8-12(16)6-7-13(14)15/h2-8,17H,9H2,1H3. The second-order valence-corrected chi connectivity index (χ2v) is 4.76. The monoisotopic (exact) mass is 293 g/mol. The molecular formula is C14H13BrFN. The molecule has 0 fully saturated rings. The molecule has 0 saturated heterocycles. The van der Waals surface area contributed by atoms with Crippen LogP contribution in [0, 0.1) is 12.7 Å². The van der Waals surface area contributed by atoms with Gasteiger partial charge in [-0.05, 0) is 52.2 Å². The van der Waals surface area contributed by atoms with E-state index in [1.165, 1.54) is 23.3 Å². The zero-order valence-electron chi connectivity index (χ0n) is 9.50. The number of rotatable bonds is 3. The summed E-state index contributed by atoms with van der Waals surface area (Å²) in [5, 5.41) is 3.22. The largest absolute Gasteiger partial charge is 0.380 e. The van der Waals surface area contributed by atoms with E-state index < -0.39 is 0 Å². The van der Waals surface area contributed by atoms with Crippen LogP contribution in [0.1, 0.15) is 11.1 Å². The lowest BCUT2D eigenvalue weighted by Crippen LogP contribution is -2.02. The molecule has 0 aliphatic carbocycles. The Hall–Kier alpha value is -1.35. The molecule has 0 radical (unpaired) electrons. The Morgan fingerprint density at radius 2 is 1.94 bits per heavy atom. The topological polar surface area (TPSA) is 12.0 Å². The Morgan fingerprint density at radius 1 is 1.18 bits per heavy atom. The molecule has 0 aliphatic heterocycles. The molecule has 0 atom stereocenters. The van der Waals surface area contributed by atoms with Gasteiger partial charge in [-0.2, -0.15) is 0 Å². The fourth-order valence-corrected chi connectivity index (χ4v) is 2.02. The molecular weight excluding hydrogens is 281 g/mol. The van der Waals surface area contributed by atoms with E-state index in [0.29, 0.717) is 6.54 Å². The highest BCUT2D eigenvalue weighted by atomic mass is 79.9. The van der Waals surface area contributed by atoms with E-state index >= 15 is 0 Å². The normalized spacial score (nSPS) is 10.3. The van der Waals surface area contributed by atoms with Crippen LogP contribution in [0.25, 0.3) is 0 Å². The van der Waals surface area contributed by atoms with Gasteiger partial charge in [0.05, 0.1) is 5.69 Å². The molecule has 2 aromatic rings. The summed E-state index contributed by atoms with van der Waals surface area (Å²) >= 11 is 3.39. The molecule has 0 saturated carbocycles. The third-order valence-corrected chi connectivity index (χ3v) is 3.35.